The summed E-state index contributed by atoms with van der Waals surface area (Å²) >= 11 is 0. The van der Waals surface area contributed by atoms with Crippen LogP contribution >= 0.6 is 0 Å². The number of H-pyrrole nitrogens is 1. The molecule has 0 saturated heterocycles. The summed E-state index contributed by atoms with van der Waals surface area (Å²) in [5, 5.41) is 30.2. The zero-order valence-corrected chi connectivity index (χ0v) is 66.1. The van der Waals surface area contributed by atoms with Crippen LogP contribution in [0.1, 0.15) is 49.9 Å². The summed E-state index contributed by atoms with van der Waals surface area (Å²) in [6.45, 7) is 9.50. The second kappa shape index (κ2) is 30.1. The Morgan fingerprint density at radius 1 is 0.274 bits per heavy atom. The van der Waals surface area contributed by atoms with Gasteiger partial charge in [0.1, 0.15) is 0 Å². The van der Waals surface area contributed by atoms with Gasteiger partial charge in [0.2, 0.25) is 5.52 Å². The van der Waals surface area contributed by atoms with Crippen LogP contribution in [0.4, 0.5) is 0 Å². The van der Waals surface area contributed by atoms with E-state index in [-0.39, 0.29) is 61.7 Å². The Hall–Kier alpha value is -13.5. The predicted molar refractivity (Wildman–Crippen MR) is 473 cm³/mol. The summed E-state index contributed by atoms with van der Waals surface area (Å²) < 4.78 is 2.47. The van der Waals surface area contributed by atoms with E-state index in [2.05, 4.69) is 286 Å². The third kappa shape index (κ3) is 12.6. The fourth-order valence-corrected chi connectivity index (χ4v) is 18.1. The summed E-state index contributed by atoms with van der Waals surface area (Å²) in [7, 11) is 0. The van der Waals surface area contributed by atoms with Crippen molar-refractivity contribution in [2.24, 2.45) is 0 Å². The first-order valence-corrected chi connectivity index (χ1v) is 38.9. The topological polar surface area (TPSA) is 119 Å². The molecule has 0 bridgehead atoms. The Morgan fingerprint density at radius 2 is 0.624 bits per heavy atom. The van der Waals surface area contributed by atoms with Crippen molar-refractivity contribution in [3.8, 4) is 102 Å². The van der Waals surface area contributed by atoms with Crippen molar-refractivity contribution in [3.63, 3.8) is 0 Å². The van der Waals surface area contributed by atoms with Gasteiger partial charge in [0, 0.05) is 72.1 Å². The molecular weight excluding hydrogens is 1420 g/mol. The van der Waals surface area contributed by atoms with Gasteiger partial charge in [0.15, 0.2) is 41.1 Å². The van der Waals surface area contributed by atoms with Gasteiger partial charge in [-0.05, 0) is 176 Å². The summed E-state index contributed by atoms with van der Waals surface area (Å²) in [6.07, 6.45) is 1.75. The van der Waals surface area contributed by atoms with E-state index in [1.165, 1.54) is 131 Å². The van der Waals surface area contributed by atoms with Gasteiger partial charge >= 0.3 is 37.7 Å². The third-order valence-corrected chi connectivity index (χ3v) is 23.5. The average Bonchev–Trinajstić information content (AvgIpc) is 1.54. The van der Waals surface area contributed by atoms with Gasteiger partial charge in [-0.15, -0.1) is 0 Å². The monoisotopic (exact) mass is 1490 g/mol. The van der Waals surface area contributed by atoms with Crippen molar-refractivity contribution < 1.29 is 47.8 Å². The molecule has 17 aromatic carbocycles. The molecule has 11 heteroatoms. The van der Waals surface area contributed by atoms with Crippen molar-refractivity contribution >= 4 is 97.3 Å². The van der Waals surface area contributed by atoms with Gasteiger partial charge in [-0.3, -0.25) is 0 Å². The normalized spacial score (nSPS) is 12.6. The number of aromatic nitrogens is 8. The number of pyridine rings is 1. The number of benzene rings is 17. The van der Waals surface area contributed by atoms with Crippen LogP contribution in [-0.4, -0.2) is 34.5 Å². The van der Waals surface area contributed by atoms with Crippen LogP contribution in [0, 0.1) is 7.43 Å². The molecule has 0 aliphatic heterocycles. The standard InChI is InChI=1S/C54H36N4.C42H29N3.C9H7NO.CH3.2Li/c1-54(2)47-32-45-40-25-12-10-23-38(40)37-22-9-11-24-39(37)44(45)31-46(47)42-28-29-43-41-26-13-14-27-48(41)58(50(43)49(42)54)36-21-15-20-35(30-36)53-56-51(33-16-5-3-6-17-33)55-52(57-53)34-18-7-4-8-19-34;1-42(2)37-23-28(41-44-39(26-13-5-3-6-14-26)43-40(45-41)27-15-7-4-8-16-27)21-22-33(37)36-24-34-31-19-11-9-17-29(31)30-18-10-12-20-32(30)35(34)25-38(36)42;11-8-5-1-3-7-4-2-6-10-9(7)8;;;/h3-32H,1-2H3;3-25H,1-2H3;1-6,11H;1H3;;/q;;;-1;2*+1. The van der Waals surface area contributed by atoms with E-state index < -0.39 is 0 Å². The Balaban J connectivity index is 0.000000142. The molecule has 0 fully saturated rings. The minimum atomic E-state index is -0.280. The van der Waals surface area contributed by atoms with Gasteiger partial charge in [-0.1, -0.05) is 313 Å². The summed E-state index contributed by atoms with van der Waals surface area (Å²) in [5.41, 5.74) is 20.0. The van der Waals surface area contributed by atoms with Crippen LogP contribution in [0.2, 0.25) is 0 Å². The van der Waals surface area contributed by atoms with Crippen LogP contribution in [0.25, 0.3) is 194 Å². The van der Waals surface area contributed by atoms with Crippen molar-refractivity contribution in [2.45, 2.75) is 38.5 Å². The zero-order valence-electron chi connectivity index (χ0n) is 66.1. The molecule has 0 radical (unpaired) electrons. The minimum Gasteiger partial charge on any atom is -0.868 e. The largest absolute Gasteiger partial charge is 1.00 e. The van der Waals surface area contributed by atoms with Crippen molar-refractivity contribution in [2.75, 3.05) is 0 Å². The second-order valence-corrected chi connectivity index (χ2v) is 30.8. The molecule has 0 atom stereocenters. The molecule has 9 nitrogen and oxygen atoms in total. The summed E-state index contributed by atoms with van der Waals surface area (Å²) in [4.78, 5) is 33.0. The number of para-hydroxylation sites is 2. The Kier molecular flexibility index (Phi) is 19.2. The van der Waals surface area contributed by atoms with E-state index in [0.717, 1.165) is 44.5 Å². The maximum absolute atomic E-state index is 11.1. The predicted octanol–water partition coefficient (Wildman–Crippen LogP) is 19.6. The molecule has 117 heavy (non-hydrogen) atoms. The van der Waals surface area contributed by atoms with E-state index >= 15 is 0 Å². The molecule has 0 saturated carbocycles. The Bertz CT molecular complexity index is 7380. The first kappa shape index (κ1) is 74.9. The average molecular weight is 1490 g/mol. The van der Waals surface area contributed by atoms with E-state index in [9.17, 15) is 5.11 Å². The van der Waals surface area contributed by atoms with E-state index in [1.54, 1.807) is 18.3 Å². The van der Waals surface area contributed by atoms with Crippen molar-refractivity contribution in [1.82, 2.24) is 34.5 Å². The van der Waals surface area contributed by atoms with Gasteiger partial charge < -0.3 is 17.1 Å². The fourth-order valence-electron chi connectivity index (χ4n) is 18.1. The fraction of sp³-hybridized carbons (Fsp3) is 0.0566. The number of fused-ring (bicyclic) bond motifs is 23. The van der Waals surface area contributed by atoms with Gasteiger partial charge in [-0.25, -0.2) is 34.9 Å². The SMILES string of the molecule is CC1(C)c2cc(-c3nc(-c4ccccc4)nc(-c4ccccc4)n3)ccc2-c2cc3c4ccccc4c4ccccc4c3cc21.CC1(C)c2cc3c4ccccc4c4ccccc4c3cc2-c2ccc3c4ccccc4n(-c4cccc(-c5nc(-c6ccccc6)nc(-c6ccccc6)n5)c4)c3c21.[CH3-].[Li+].[Li+].[O-]c1cccc2ccc[nH+]c12. The Morgan fingerprint density at radius 3 is 1.09 bits per heavy atom. The molecule has 2 aliphatic rings. The van der Waals surface area contributed by atoms with Crippen LogP contribution < -0.4 is 47.8 Å². The first-order valence-electron chi connectivity index (χ1n) is 38.9. The molecule has 2 aliphatic carbocycles. The molecular formula is C106H75Li2N8O+. The summed E-state index contributed by atoms with van der Waals surface area (Å²) in [6, 6.07) is 124. The second-order valence-electron chi connectivity index (χ2n) is 30.8. The van der Waals surface area contributed by atoms with E-state index in [0.29, 0.717) is 40.5 Å². The van der Waals surface area contributed by atoms with Crippen molar-refractivity contribution in [3.05, 3.63) is 388 Å². The van der Waals surface area contributed by atoms with Crippen LogP contribution in [0.15, 0.2) is 358 Å². The molecule has 21 aromatic rings. The number of nitrogens with zero attached hydrogens (tertiary/aromatic N) is 7. The number of hydrogen-bond donors (Lipinski definition) is 0. The van der Waals surface area contributed by atoms with Crippen LogP contribution in [0.3, 0.4) is 0 Å². The molecule has 1 N–H and O–H groups in total. The first-order chi connectivity index (χ1) is 56.0. The van der Waals surface area contributed by atoms with Crippen LogP contribution in [0.5, 0.6) is 5.75 Å². The molecule has 0 spiro atoms. The van der Waals surface area contributed by atoms with Crippen LogP contribution in [-0.2, 0) is 10.8 Å². The minimum absolute atomic E-state index is 0. The molecule has 546 valence electrons. The smallest absolute Gasteiger partial charge is 0.868 e. The summed E-state index contributed by atoms with van der Waals surface area (Å²) in [5.74, 6) is 4.01. The van der Waals surface area contributed by atoms with Gasteiger partial charge in [0.25, 0.3) is 0 Å². The van der Waals surface area contributed by atoms with E-state index in [1.807, 2.05) is 91.0 Å². The molecule has 4 aromatic heterocycles. The zero-order chi connectivity index (χ0) is 76.3. The van der Waals surface area contributed by atoms with Crippen molar-refractivity contribution in [1.29, 1.82) is 0 Å². The number of aromatic amines is 1. The van der Waals surface area contributed by atoms with Gasteiger partial charge in [0.05, 0.1) is 11.0 Å². The molecule has 4 heterocycles. The number of rotatable bonds is 7. The molecule has 0 unspecified atom stereocenters. The Labute approximate surface area is 702 Å². The third-order valence-electron chi connectivity index (χ3n) is 23.5. The quantitative estimate of drug-likeness (QED) is 0.0885. The maximum Gasteiger partial charge on any atom is 1.00 e. The number of nitrogens with one attached hydrogen (secondary N) is 1. The maximum atomic E-state index is 11.1. The van der Waals surface area contributed by atoms with Gasteiger partial charge in [-0.2, -0.15) is 0 Å². The molecule has 23 rings (SSSR count). The molecule has 0 amide bonds. The number of hydrogen-bond acceptors (Lipinski definition) is 7. The van der Waals surface area contributed by atoms with E-state index in [4.69, 9.17) is 29.9 Å².